The quantitative estimate of drug-likeness (QED) is 0.560. The first kappa shape index (κ1) is 23.4. The zero-order valence-corrected chi connectivity index (χ0v) is 20.2. The lowest BCUT2D eigenvalue weighted by molar-refractivity contribution is 0.132. The lowest BCUT2D eigenvalue weighted by atomic mass is 9.98. The third-order valence-electron chi connectivity index (χ3n) is 6.62. The minimum Gasteiger partial charge on any atom is -0.491 e. The van der Waals surface area contributed by atoms with Crippen molar-refractivity contribution in [2.45, 2.75) is 26.3 Å². The van der Waals surface area contributed by atoms with Gasteiger partial charge in [-0.2, -0.15) is 10.2 Å². The predicted molar refractivity (Wildman–Crippen MR) is 131 cm³/mol. The Morgan fingerprint density at radius 3 is 2.75 bits per heavy atom. The number of ether oxygens (including phenoxy) is 2. The number of aryl methyl sites for hydroxylation is 1. The van der Waals surface area contributed by atoms with Crippen LogP contribution in [0.3, 0.4) is 0 Å². The van der Waals surface area contributed by atoms with Gasteiger partial charge in [-0.15, -0.1) is 0 Å². The van der Waals surface area contributed by atoms with Gasteiger partial charge >= 0.3 is 12.1 Å². The number of fused-ring (bicyclic) bond motifs is 2. The molecule has 3 aromatic rings. The fourth-order valence-electron chi connectivity index (χ4n) is 4.71. The van der Waals surface area contributed by atoms with Crippen LogP contribution in [0.25, 0.3) is 22.3 Å². The molecule has 11 heteroatoms. The van der Waals surface area contributed by atoms with E-state index in [1.165, 1.54) is 7.11 Å². The monoisotopic (exact) mass is 489 g/mol. The molecule has 186 valence electrons. The van der Waals surface area contributed by atoms with E-state index in [1.54, 1.807) is 6.20 Å². The lowest BCUT2D eigenvalue weighted by Crippen LogP contribution is -2.46. The number of piperidine rings is 1. The summed E-state index contributed by atoms with van der Waals surface area (Å²) in [5, 5.41) is 11.7. The number of nitrogens with one attached hydrogen (secondary N) is 2. The van der Waals surface area contributed by atoms with Gasteiger partial charge in [0.05, 0.1) is 31.8 Å². The first-order chi connectivity index (χ1) is 17.4. The highest BCUT2D eigenvalue weighted by atomic mass is 16.5. The first-order valence-corrected chi connectivity index (χ1v) is 11.9. The number of rotatable bonds is 2. The second kappa shape index (κ2) is 9.73. The molecule has 3 amide bonds. The minimum absolute atomic E-state index is 0.0166. The topological polar surface area (TPSA) is 136 Å². The number of carbonyl (C=O) groups excluding carboxylic acids is 2. The lowest BCUT2D eigenvalue weighted by Gasteiger charge is -2.33. The van der Waals surface area contributed by atoms with Crippen molar-refractivity contribution in [3.63, 3.8) is 0 Å². The number of pyridine rings is 1. The number of hydrogen-bond acceptors (Lipinski definition) is 7. The van der Waals surface area contributed by atoms with Crippen LogP contribution in [0.2, 0.25) is 0 Å². The molecule has 0 unspecified atom stereocenters. The molecule has 2 aliphatic rings. The van der Waals surface area contributed by atoms with Gasteiger partial charge in [0.2, 0.25) is 5.95 Å². The number of imidazole rings is 1. The highest BCUT2D eigenvalue weighted by Gasteiger charge is 2.28. The van der Waals surface area contributed by atoms with Gasteiger partial charge in [0.1, 0.15) is 12.4 Å². The van der Waals surface area contributed by atoms with Crippen LogP contribution in [-0.2, 0) is 11.3 Å². The number of H-pyrrole nitrogens is 1. The highest BCUT2D eigenvalue weighted by molar-refractivity contribution is 5.86. The van der Waals surface area contributed by atoms with Crippen molar-refractivity contribution in [1.82, 2.24) is 24.8 Å². The van der Waals surface area contributed by atoms with Crippen LogP contribution in [0.4, 0.5) is 15.5 Å². The number of likely N-dealkylation sites (tertiary alicyclic amines) is 1. The maximum atomic E-state index is 13.3. The van der Waals surface area contributed by atoms with Crippen molar-refractivity contribution in [3.8, 4) is 22.9 Å². The van der Waals surface area contributed by atoms with E-state index in [0.29, 0.717) is 56.8 Å². The van der Waals surface area contributed by atoms with Crippen molar-refractivity contribution in [2.24, 2.45) is 5.92 Å². The number of hydrogen-bond donors (Lipinski definition) is 2. The fraction of sp³-hybridized carbons (Fsp3) is 0.400. The third-order valence-corrected chi connectivity index (χ3v) is 6.62. The Labute approximate surface area is 208 Å². The summed E-state index contributed by atoms with van der Waals surface area (Å²) < 4.78 is 10.7. The molecule has 0 radical (unpaired) electrons. The smallest absolute Gasteiger partial charge is 0.413 e. The number of nitriles is 1. The molecule has 36 heavy (non-hydrogen) atoms. The molecule has 2 aromatic heterocycles. The van der Waals surface area contributed by atoms with Gasteiger partial charge in [-0.3, -0.25) is 5.32 Å². The number of amides is 3. The van der Waals surface area contributed by atoms with Gasteiger partial charge in [0.25, 0.3) is 0 Å². The van der Waals surface area contributed by atoms with Gasteiger partial charge in [0, 0.05) is 36.3 Å². The van der Waals surface area contributed by atoms with Gasteiger partial charge in [-0.05, 0) is 49.1 Å². The van der Waals surface area contributed by atoms with E-state index >= 15 is 0 Å². The Balaban J connectivity index is 1.39. The molecule has 2 aliphatic heterocycles. The van der Waals surface area contributed by atoms with E-state index in [0.717, 1.165) is 28.0 Å². The molecule has 5 rings (SSSR count). The maximum Gasteiger partial charge on any atom is 0.413 e. The molecular weight excluding hydrogens is 462 g/mol. The summed E-state index contributed by atoms with van der Waals surface area (Å²) in [6.45, 7) is 4.55. The van der Waals surface area contributed by atoms with Crippen molar-refractivity contribution in [2.75, 3.05) is 38.7 Å². The second-order valence-electron chi connectivity index (χ2n) is 9.02. The average Bonchev–Trinajstić information content (AvgIpc) is 3.16. The molecule has 1 saturated heterocycles. The zero-order valence-electron chi connectivity index (χ0n) is 20.2. The number of aromatic nitrogens is 3. The van der Waals surface area contributed by atoms with E-state index in [-0.39, 0.29) is 17.9 Å². The summed E-state index contributed by atoms with van der Waals surface area (Å²) in [6.07, 6.45) is 2.54. The number of aromatic amines is 1. The molecule has 0 bridgehead atoms. The van der Waals surface area contributed by atoms with Crippen molar-refractivity contribution in [3.05, 3.63) is 35.5 Å². The van der Waals surface area contributed by atoms with Gasteiger partial charge in [-0.25, -0.2) is 14.6 Å². The van der Waals surface area contributed by atoms with Crippen LogP contribution in [-0.4, -0.2) is 70.2 Å². The molecule has 4 heterocycles. The molecule has 0 aliphatic carbocycles. The fourth-order valence-corrected chi connectivity index (χ4v) is 4.71. The Hall–Kier alpha value is -4.33. The molecule has 0 spiro atoms. The minimum atomic E-state index is -0.621. The van der Waals surface area contributed by atoms with Crippen LogP contribution < -0.4 is 10.1 Å². The SMILES string of the molecule is COC(=O)Nc1nc2ncc(-c3cc(C)c4c(c3)CN(C(=O)N3CCC(C#N)CC3)CCO4)cc2[nH]1. The molecule has 11 nitrogen and oxygen atoms in total. The third kappa shape index (κ3) is 4.62. The van der Waals surface area contributed by atoms with Crippen LogP contribution in [0, 0.1) is 24.2 Å². The van der Waals surface area contributed by atoms with E-state index < -0.39 is 6.09 Å². The molecule has 1 aromatic carbocycles. The second-order valence-corrected chi connectivity index (χ2v) is 9.02. The predicted octanol–water partition coefficient (Wildman–Crippen LogP) is 3.66. The van der Waals surface area contributed by atoms with Crippen molar-refractivity contribution in [1.29, 1.82) is 5.26 Å². The van der Waals surface area contributed by atoms with E-state index in [9.17, 15) is 9.59 Å². The van der Waals surface area contributed by atoms with Gasteiger partial charge in [-0.1, -0.05) is 0 Å². The van der Waals surface area contributed by atoms with Crippen LogP contribution in [0.5, 0.6) is 5.75 Å². The van der Waals surface area contributed by atoms with Crippen molar-refractivity contribution < 1.29 is 19.1 Å². The summed E-state index contributed by atoms with van der Waals surface area (Å²) in [5.74, 6) is 1.08. The number of methoxy groups -OCH3 is 1. The number of urea groups is 1. The molecule has 1 fully saturated rings. The van der Waals surface area contributed by atoms with Gasteiger partial charge in [0.15, 0.2) is 5.65 Å². The molecule has 0 atom stereocenters. The van der Waals surface area contributed by atoms with E-state index in [2.05, 4.69) is 31.1 Å². The average molecular weight is 490 g/mol. The van der Waals surface area contributed by atoms with Crippen LogP contribution in [0.15, 0.2) is 24.4 Å². The highest BCUT2D eigenvalue weighted by Crippen LogP contribution is 2.34. The molecule has 0 saturated carbocycles. The molecular formula is C25H27N7O4. The normalized spacial score (nSPS) is 16.0. The maximum absolute atomic E-state index is 13.3. The Kier molecular flexibility index (Phi) is 6.33. The molecule has 2 N–H and O–H groups in total. The van der Waals surface area contributed by atoms with Crippen molar-refractivity contribution >= 4 is 29.2 Å². The first-order valence-electron chi connectivity index (χ1n) is 11.9. The van der Waals surface area contributed by atoms with E-state index in [1.807, 2.05) is 34.9 Å². The largest absolute Gasteiger partial charge is 0.491 e. The summed E-state index contributed by atoms with van der Waals surface area (Å²) >= 11 is 0. The summed E-state index contributed by atoms with van der Waals surface area (Å²) in [7, 11) is 1.28. The standard InChI is InChI=1S/C25H27N7O4/c1-15-9-17(18-11-20-22(27-13-18)29-23(28-20)30-24(33)35-2)10-19-14-32(7-8-36-21(15)19)25(34)31-5-3-16(12-26)4-6-31/h9-11,13,16H,3-8,14H2,1-2H3,(H2,27,28,29,30,33). The number of anilines is 1. The van der Waals surface area contributed by atoms with Crippen LogP contribution >= 0.6 is 0 Å². The van der Waals surface area contributed by atoms with E-state index in [4.69, 9.17) is 10.00 Å². The number of benzene rings is 1. The Bertz CT molecular complexity index is 1350. The Morgan fingerprint density at radius 1 is 1.19 bits per heavy atom. The van der Waals surface area contributed by atoms with Gasteiger partial charge < -0.3 is 24.3 Å². The summed E-state index contributed by atoms with van der Waals surface area (Å²) in [5.41, 5.74) is 4.84. The van der Waals surface area contributed by atoms with Crippen LogP contribution in [0.1, 0.15) is 24.0 Å². The zero-order chi connectivity index (χ0) is 25.2. The number of nitrogens with zero attached hydrogens (tertiary/aromatic N) is 5. The number of carbonyl (C=O) groups is 2. The summed E-state index contributed by atoms with van der Waals surface area (Å²) in [6, 6.07) is 8.28. The summed E-state index contributed by atoms with van der Waals surface area (Å²) in [4.78, 5) is 40.1. The Morgan fingerprint density at radius 2 is 2.00 bits per heavy atom.